The smallest absolute Gasteiger partial charge is 0.282 e. The van der Waals surface area contributed by atoms with E-state index in [4.69, 9.17) is 16.2 Å². The highest BCUT2D eigenvalue weighted by Gasteiger charge is 2.24. The highest BCUT2D eigenvalue weighted by molar-refractivity contribution is 7.93. The van der Waals surface area contributed by atoms with E-state index in [1.807, 2.05) is 4.72 Å². The van der Waals surface area contributed by atoms with E-state index in [9.17, 15) is 38.2 Å². The minimum atomic E-state index is -5.01. The van der Waals surface area contributed by atoms with Gasteiger partial charge in [0.2, 0.25) is 10.0 Å². The van der Waals surface area contributed by atoms with Crippen molar-refractivity contribution in [1.82, 2.24) is 0 Å². The second kappa shape index (κ2) is 7.95. The maximum absolute atomic E-state index is 12.7. The molecule has 0 heterocycles. The first-order valence-electron chi connectivity index (χ1n) is 7.29. The van der Waals surface area contributed by atoms with Gasteiger partial charge < -0.3 is 0 Å². The molecule has 0 fully saturated rings. The average molecular weight is 521 g/mol. The number of hydrogen-bond donors (Lipinski definition) is 4. The van der Waals surface area contributed by atoms with E-state index in [1.54, 1.807) is 4.72 Å². The zero-order chi connectivity index (χ0) is 23.1. The lowest BCUT2D eigenvalue weighted by molar-refractivity contribution is 0.479. The van der Waals surface area contributed by atoms with E-state index in [-0.39, 0.29) is 10.7 Å². The molecule has 0 aliphatic rings. The quantitative estimate of drug-likeness (QED) is 0.381. The molecule has 0 aliphatic carbocycles. The van der Waals surface area contributed by atoms with Crippen LogP contribution in [0.25, 0.3) is 0 Å². The first kappa shape index (κ1) is 24.3. The molecule has 2 aromatic rings. The molecule has 0 unspecified atom stereocenters. The van der Waals surface area contributed by atoms with Gasteiger partial charge in [-0.25, -0.2) is 16.8 Å². The van der Waals surface area contributed by atoms with Crippen LogP contribution in [-0.4, -0.2) is 49.0 Å². The summed E-state index contributed by atoms with van der Waals surface area (Å²) in [4.78, 5) is -2.44. The number of rotatable bonds is 7. The first-order chi connectivity index (χ1) is 13.4. The molecular formula is C13H13ClN2O10S4. The van der Waals surface area contributed by atoms with E-state index < -0.39 is 60.7 Å². The van der Waals surface area contributed by atoms with Crippen molar-refractivity contribution in [3.8, 4) is 0 Å². The van der Waals surface area contributed by atoms with E-state index in [1.165, 1.54) is 0 Å². The fourth-order valence-electron chi connectivity index (χ4n) is 2.13. The van der Waals surface area contributed by atoms with E-state index in [2.05, 4.69) is 0 Å². The van der Waals surface area contributed by atoms with Crippen molar-refractivity contribution in [3.05, 3.63) is 41.4 Å². The maximum Gasteiger partial charge on any atom is 0.296 e. The molecule has 2 aromatic carbocycles. The summed E-state index contributed by atoms with van der Waals surface area (Å²) in [6.07, 6.45) is 0.794. The average Bonchev–Trinajstić information content (AvgIpc) is 2.53. The number of anilines is 2. The van der Waals surface area contributed by atoms with Gasteiger partial charge in [-0.1, -0.05) is 11.6 Å². The molecule has 2 rings (SSSR count). The van der Waals surface area contributed by atoms with Crippen LogP contribution in [0.4, 0.5) is 11.4 Å². The second-order valence-corrected chi connectivity index (χ2v) is 12.4. The minimum Gasteiger partial charge on any atom is -0.282 e. The number of nitrogens with one attached hydrogen (secondary N) is 2. The highest BCUT2D eigenvalue weighted by atomic mass is 35.5. The third kappa shape index (κ3) is 6.03. The molecule has 0 amide bonds. The van der Waals surface area contributed by atoms with Crippen molar-refractivity contribution >= 4 is 63.3 Å². The molecule has 0 aliphatic heterocycles. The summed E-state index contributed by atoms with van der Waals surface area (Å²) in [5.74, 6) is 0. The van der Waals surface area contributed by atoms with Gasteiger partial charge >= 0.3 is 0 Å². The fourth-order valence-corrected chi connectivity index (χ4v) is 5.21. The third-order valence-corrected chi connectivity index (χ3v) is 7.36. The van der Waals surface area contributed by atoms with Crippen LogP contribution in [-0.2, 0) is 40.3 Å². The highest BCUT2D eigenvalue weighted by Crippen LogP contribution is 2.30. The van der Waals surface area contributed by atoms with Gasteiger partial charge in [0.25, 0.3) is 30.3 Å². The van der Waals surface area contributed by atoms with Crippen LogP contribution < -0.4 is 9.44 Å². The molecule has 17 heteroatoms. The summed E-state index contributed by atoms with van der Waals surface area (Å²) >= 11 is 5.82. The molecule has 0 saturated carbocycles. The molecule has 0 atom stereocenters. The van der Waals surface area contributed by atoms with Crippen LogP contribution in [0.2, 0.25) is 5.02 Å². The van der Waals surface area contributed by atoms with Crippen LogP contribution in [0.5, 0.6) is 0 Å². The minimum absolute atomic E-state index is 0.147. The lowest BCUT2D eigenvalue weighted by Gasteiger charge is -2.14. The van der Waals surface area contributed by atoms with Crippen LogP contribution in [0.3, 0.4) is 0 Å². The monoisotopic (exact) mass is 520 g/mol. The second-order valence-electron chi connectivity index (χ2n) is 5.73. The van der Waals surface area contributed by atoms with Crippen LogP contribution in [0.1, 0.15) is 0 Å². The van der Waals surface area contributed by atoms with E-state index in [0.29, 0.717) is 18.2 Å². The zero-order valence-electron chi connectivity index (χ0n) is 14.6. The van der Waals surface area contributed by atoms with Gasteiger partial charge in [0.05, 0.1) is 32.4 Å². The van der Waals surface area contributed by atoms with Gasteiger partial charge in [0.15, 0.2) is 0 Å². The van der Waals surface area contributed by atoms with E-state index in [0.717, 1.165) is 24.5 Å². The largest absolute Gasteiger partial charge is 0.296 e. The summed E-state index contributed by atoms with van der Waals surface area (Å²) in [5.41, 5.74) is -1.19. The summed E-state index contributed by atoms with van der Waals surface area (Å²) in [7, 11) is -18.3. The molecule has 0 bridgehead atoms. The van der Waals surface area contributed by atoms with Gasteiger partial charge in [-0.2, -0.15) is 16.8 Å². The van der Waals surface area contributed by atoms with Crippen LogP contribution >= 0.6 is 11.6 Å². The molecular weight excluding hydrogens is 508 g/mol. The molecule has 30 heavy (non-hydrogen) atoms. The number of sulfonamides is 2. The summed E-state index contributed by atoms with van der Waals surface area (Å²) in [6.45, 7) is 0. The molecule has 0 spiro atoms. The van der Waals surface area contributed by atoms with Gasteiger partial charge in [0, 0.05) is 0 Å². The summed E-state index contributed by atoms with van der Waals surface area (Å²) in [5, 5.41) is -0.147. The Hall–Kier alpha value is -1.95. The SMILES string of the molecule is CS(=O)(=O)Nc1cc(S(=O)(=O)Nc2cc(S(=O)(=O)O)ccc2S(=O)(=O)O)ccc1Cl. The van der Waals surface area contributed by atoms with Gasteiger partial charge in [0.1, 0.15) is 4.90 Å². The number of hydrogen-bond acceptors (Lipinski definition) is 8. The van der Waals surface area contributed by atoms with Gasteiger partial charge in [-0.15, -0.1) is 0 Å². The molecule has 12 nitrogen and oxygen atoms in total. The van der Waals surface area contributed by atoms with Crippen molar-refractivity contribution in [2.45, 2.75) is 14.7 Å². The zero-order valence-corrected chi connectivity index (χ0v) is 18.7. The standard InChI is InChI=1S/C13H13ClN2O10S4/c1-27(17,18)15-11-6-8(2-4-10(11)14)28(19,20)16-12-7-9(29(21,22)23)3-5-13(12)30(24,25)26/h2-7,15-16H,1H3,(H,21,22,23)(H,24,25,26). The first-order valence-corrected chi connectivity index (χ1v) is 13.9. The van der Waals surface area contributed by atoms with Crippen molar-refractivity contribution in [2.75, 3.05) is 15.7 Å². The molecule has 166 valence electrons. The third-order valence-electron chi connectivity index (χ3n) is 3.31. The molecule has 0 saturated heterocycles. The van der Waals surface area contributed by atoms with Crippen LogP contribution in [0, 0.1) is 0 Å². The Bertz CT molecular complexity index is 1430. The summed E-state index contributed by atoms with van der Waals surface area (Å²) < 4.78 is 116. The van der Waals surface area contributed by atoms with Gasteiger partial charge in [-0.05, 0) is 36.4 Å². The lowest BCUT2D eigenvalue weighted by atomic mass is 10.3. The number of halogens is 1. The van der Waals surface area contributed by atoms with Crippen molar-refractivity contribution < 1.29 is 42.8 Å². The molecule has 0 aromatic heterocycles. The summed E-state index contributed by atoms with van der Waals surface area (Å²) in [6, 6.07) is 4.49. The fraction of sp³-hybridized carbons (Fsp3) is 0.0769. The predicted molar refractivity (Wildman–Crippen MR) is 107 cm³/mol. The van der Waals surface area contributed by atoms with Crippen molar-refractivity contribution in [1.29, 1.82) is 0 Å². The van der Waals surface area contributed by atoms with Crippen molar-refractivity contribution in [3.63, 3.8) is 0 Å². The normalized spacial score (nSPS) is 13.1. The van der Waals surface area contributed by atoms with Crippen molar-refractivity contribution in [2.24, 2.45) is 0 Å². The Morgan fingerprint density at radius 1 is 0.733 bits per heavy atom. The van der Waals surface area contributed by atoms with Crippen LogP contribution in [0.15, 0.2) is 51.1 Å². The van der Waals surface area contributed by atoms with Gasteiger partial charge in [-0.3, -0.25) is 18.5 Å². The molecule has 0 radical (unpaired) electrons. The lowest BCUT2D eigenvalue weighted by Crippen LogP contribution is -2.17. The van der Waals surface area contributed by atoms with E-state index >= 15 is 0 Å². The Balaban J connectivity index is 2.63. The maximum atomic E-state index is 12.7. The number of benzene rings is 2. The predicted octanol–water partition coefficient (Wildman–Crippen LogP) is 1.01. The Morgan fingerprint density at radius 2 is 1.27 bits per heavy atom. The Labute approximate surface area is 177 Å². The topological polar surface area (TPSA) is 201 Å². The Kier molecular flexibility index (Phi) is 6.45. The Morgan fingerprint density at radius 3 is 1.77 bits per heavy atom. The molecule has 4 N–H and O–H groups in total.